The molecule has 1 fully saturated rings. The molecule has 3 rings (SSSR count). The zero-order chi connectivity index (χ0) is 22.9. The average molecular weight is 498 g/mol. The van der Waals surface area contributed by atoms with Crippen LogP contribution in [0.2, 0.25) is 10.0 Å². The largest absolute Gasteiger partial charge is 0.394 e. The van der Waals surface area contributed by atoms with E-state index >= 15 is 0 Å². The van der Waals surface area contributed by atoms with Crippen LogP contribution in [-0.4, -0.2) is 57.6 Å². The van der Waals surface area contributed by atoms with Crippen LogP contribution in [0.5, 0.6) is 0 Å². The van der Waals surface area contributed by atoms with Crippen molar-refractivity contribution >= 4 is 40.9 Å². The number of hydrogen-bond acceptors (Lipinski definition) is 6. The van der Waals surface area contributed by atoms with E-state index in [0.717, 1.165) is 11.8 Å². The standard InChI is InChI=1S/C19H16Cl2F3NO5S/c20-9-2-1-8(5-10(9)21)31-19-17(28)15(16(27)13(6-26)30-19)25-18(29)7-3-11(22)14(24)12(23)4-7/h1-5,13,15-17,19,26-28H,6H2,(H,25,29)/t13-,15+,16+,17-,19-/m1/s1. The molecule has 0 aromatic heterocycles. The Balaban J connectivity index is 1.82. The van der Waals surface area contributed by atoms with E-state index in [1.165, 1.54) is 12.1 Å². The number of ether oxygens (including phenoxy) is 1. The molecule has 0 radical (unpaired) electrons. The number of carbonyl (C=O) groups is 1. The third-order valence-corrected chi connectivity index (χ3v) is 6.46. The van der Waals surface area contributed by atoms with Crippen LogP contribution in [0.3, 0.4) is 0 Å². The van der Waals surface area contributed by atoms with Crippen molar-refractivity contribution in [1.29, 1.82) is 0 Å². The highest BCUT2D eigenvalue weighted by Gasteiger charge is 2.45. The van der Waals surface area contributed by atoms with Crippen LogP contribution < -0.4 is 5.32 Å². The molecule has 12 heteroatoms. The summed E-state index contributed by atoms with van der Waals surface area (Å²) in [6.07, 6.45) is -4.24. The Kier molecular flexibility index (Phi) is 7.74. The summed E-state index contributed by atoms with van der Waals surface area (Å²) in [5, 5.41) is 33.4. The maximum absolute atomic E-state index is 13.4. The van der Waals surface area contributed by atoms with E-state index < -0.39 is 65.3 Å². The predicted octanol–water partition coefficient (Wildman–Crippen LogP) is 2.74. The fourth-order valence-electron chi connectivity index (χ4n) is 2.96. The van der Waals surface area contributed by atoms with Crippen molar-refractivity contribution in [1.82, 2.24) is 5.32 Å². The molecule has 6 nitrogen and oxygen atoms in total. The topological polar surface area (TPSA) is 99.0 Å². The van der Waals surface area contributed by atoms with Gasteiger partial charge in [0.2, 0.25) is 0 Å². The zero-order valence-electron chi connectivity index (χ0n) is 15.4. The Morgan fingerprint density at radius 1 is 1.06 bits per heavy atom. The molecule has 1 aliphatic rings. The van der Waals surface area contributed by atoms with Gasteiger partial charge >= 0.3 is 0 Å². The van der Waals surface area contributed by atoms with Gasteiger partial charge in [-0.2, -0.15) is 0 Å². The van der Waals surface area contributed by atoms with Gasteiger partial charge in [-0.3, -0.25) is 4.79 Å². The Morgan fingerprint density at radius 3 is 2.29 bits per heavy atom. The fraction of sp³-hybridized carbons (Fsp3) is 0.316. The highest BCUT2D eigenvalue weighted by Crippen LogP contribution is 2.36. The first-order chi connectivity index (χ1) is 14.6. The number of carbonyl (C=O) groups excluding carboxylic acids is 1. The van der Waals surface area contributed by atoms with Crippen LogP contribution in [0.1, 0.15) is 10.4 Å². The van der Waals surface area contributed by atoms with Gasteiger partial charge in [0, 0.05) is 10.5 Å². The smallest absolute Gasteiger partial charge is 0.251 e. The maximum Gasteiger partial charge on any atom is 0.251 e. The molecule has 5 atom stereocenters. The van der Waals surface area contributed by atoms with Crippen LogP contribution in [0.25, 0.3) is 0 Å². The van der Waals surface area contributed by atoms with E-state index in [4.69, 9.17) is 27.9 Å². The van der Waals surface area contributed by atoms with Crippen molar-refractivity contribution < 1.29 is 38.0 Å². The number of rotatable bonds is 5. The second kappa shape index (κ2) is 9.95. The minimum Gasteiger partial charge on any atom is -0.394 e. The van der Waals surface area contributed by atoms with Crippen molar-refractivity contribution in [2.45, 2.75) is 34.7 Å². The summed E-state index contributed by atoms with van der Waals surface area (Å²) in [5.74, 6) is -5.95. The Hall–Kier alpha value is -1.53. The molecule has 4 N–H and O–H groups in total. The first kappa shape index (κ1) is 24.1. The Bertz CT molecular complexity index is 963. The number of hydrogen-bond donors (Lipinski definition) is 4. The van der Waals surface area contributed by atoms with Crippen molar-refractivity contribution in [3.05, 3.63) is 63.4 Å². The summed E-state index contributed by atoms with van der Waals surface area (Å²) in [7, 11) is 0. The molecule has 0 bridgehead atoms. The van der Waals surface area contributed by atoms with Crippen molar-refractivity contribution in [3.63, 3.8) is 0 Å². The van der Waals surface area contributed by atoms with E-state index in [0.29, 0.717) is 22.1 Å². The first-order valence-corrected chi connectivity index (χ1v) is 10.5. The summed E-state index contributed by atoms with van der Waals surface area (Å²) in [4.78, 5) is 13.0. The lowest BCUT2D eigenvalue weighted by Gasteiger charge is -2.42. The quantitative estimate of drug-likeness (QED) is 0.474. The van der Waals surface area contributed by atoms with E-state index in [9.17, 15) is 33.3 Å². The second-order valence-corrected chi connectivity index (χ2v) is 8.64. The van der Waals surface area contributed by atoms with Gasteiger partial charge < -0.3 is 25.4 Å². The van der Waals surface area contributed by atoms with Crippen molar-refractivity contribution in [3.8, 4) is 0 Å². The summed E-state index contributed by atoms with van der Waals surface area (Å²) >= 11 is 12.8. The third-order valence-electron chi connectivity index (χ3n) is 4.57. The lowest BCUT2D eigenvalue weighted by molar-refractivity contribution is -0.164. The molecule has 0 spiro atoms. The Labute approximate surface area is 188 Å². The fourth-order valence-corrected chi connectivity index (χ4v) is 4.43. The molecule has 0 aliphatic carbocycles. The van der Waals surface area contributed by atoms with E-state index in [2.05, 4.69) is 5.32 Å². The molecule has 0 saturated carbocycles. The molecule has 1 heterocycles. The normalized spacial score (nSPS) is 26.0. The monoisotopic (exact) mass is 497 g/mol. The van der Waals surface area contributed by atoms with Gasteiger partial charge in [-0.1, -0.05) is 35.0 Å². The average Bonchev–Trinajstić information content (AvgIpc) is 2.73. The molecule has 1 aliphatic heterocycles. The Morgan fingerprint density at radius 2 is 1.71 bits per heavy atom. The number of amides is 1. The summed E-state index contributed by atoms with van der Waals surface area (Å²) in [6, 6.07) is 4.23. The second-order valence-electron chi connectivity index (χ2n) is 6.65. The molecule has 2 aromatic carbocycles. The molecular formula is C19H16Cl2F3NO5S. The van der Waals surface area contributed by atoms with Gasteiger partial charge in [0.25, 0.3) is 5.91 Å². The van der Waals surface area contributed by atoms with Crippen LogP contribution in [0, 0.1) is 17.5 Å². The number of nitrogens with one attached hydrogen (secondary N) is 1. The van der Waals surface area contributed by atoms with Gasteiger partial charge in [-0.15, -0.1) is 0 Å². The third kappa shape index (κ3) is 5.28. The lowest BCUT2D eigenvalue weighted by Crippen LogP contribution is -2.63. The molecular weight excluding hydrogens is 482 g/mol. The first-order valence-electron chi connectivity index (χ1n) is 8.82. The number of benzene rings is 2. The zero-order valence-corrected chi connectivity index (χ0v) is 17.8. The van der Waals surface area contributed by atoms with E-state index in [1.54, 1.807) is 6.07 Å². The van der Waals surface area contributed by atoms with E-state index in [-0.39, 0.29) is 5.02 Å². The van der Waals surface area contributed by atoms with Crippen LogP contribution in [-0.2, 0) is 4.74 Å². The number of aliphatic hydroxyl groups excluding tert-OH is 3. The highest BCUT2D eigenvalue weighted by atomic mass is 35.5. The number of aliphatic hydroxyl groups is 3. The molecule has 31 heavy (non-hydrogen) atoms. The molecule has 0 unspecified atom stereocenters. The van der Waals surface area contributed by atoms with Gasteiger partial charge in [-0.05, 0) is 30.3 Å². The van der Waals surface area contributed by atoms with Crippen LogP contribution in [0.15, 0.2) is 35.2 Å². The summed E-state index contributed by atoms with van der Waals surface area (Å²) < 4.78 is 45.5. The van der Waals surface area contributed by atoms with Crippen molar-refractivity contribution in [2.24, 2.45) is 0 Å². The van der Waals surface area contributed by atoms with Crippen LogP contribution >= 0.6 is 35.0 Å². The van der Waals surface area contributed by atoms with E-state index in [1.807, 2.05) is 0 Å². The minimum absolute atomic E-state index is 0.251. The van der Waals surface area contributed by atoms with Gasteiger partial charge in [0.05, 0.1) is 22.7 Å². The van der Waals surface area contributed by atoms with Crippen molar-refractivity contribution in [2.75, 3.05) is 6.61 Å². The predicted molar refractivity (Wildman–Crippen MR) is 108 cm³/mol. The molecule has 1 amide bonds. The SMILES string of the molecule is O=C(N[C@@H]1[C@@H](O)[C@@H](Sc2ccc(Cl)c(Cl)c2)O[C@H](CO)[C@@H]1O)c1cc(F)c(F)c(F)c1. The molecule has 168 valence electrons. The molecule has 1 saturated heterocycles. The number of thioether (sulfide) groups is 1. The minimum atomic E-state index is -1.74. The van der Waals surface area contributed by atoms with Gasteiger partial charge in [0.1, 0.15) is 23.7 Å². The van der Waals surface area contributed by atoms with Gasteiger partial charge in [0.15, 0.2) is 17.5 Å². The lowest BCUT2D eigenvalue weighted by atomic mass is 9.96. The number of halogens is 5. The summed E-state index contributed by atoms with van der Waals surface area (Å²) in [6.45, 7) is -0.640. The van der Waals surface area contributed by atoms with Crippen LogP contribution in [0.4, 0.5) is 13.2 Å². The van der Waals surface area contributed by atoms with Gasteiger partial charge in [-0.25, -0.2) is 13.2 Å². The summed E-state index contributed by atoms with van der Waals surface area (Å²) in [5.41, 5.74) is -1.62. The molecule has 2 aromatic rings. The maximum atomic E-state index is 13.4. The highest BCUT2D eigenvalue weighted by molar-refractivity contribution is 7.99.